The van der Waals surface area contributed by atoms with Gasteiger partial charge in [-0.2, -0.15) is 0 Å². The van der Waals surface area contributed by atoms with Crippen molar-refractivity contribution in [1.29, 1.82) is 0 Å². The van der Waals surface area contributed by atoms with Crippen molar-refractivity contribution in [3.8, 4) is 0 Å². The van der Waals surface area contributed by atoms with Gasteiger partial charge in [0, 0.05) is 39.3 Å². The predicted octanol–water partition coefficient (Wildman–Crippen LogP) is 2.80. The van der Waals surface area contributed by atoms with Gasteiger partial charge < -0.3 is 24.8 Å². The SMILES string of the molecule is CCCCOCCOCCNC(=NCc1cccc(CN2CCOC(C)C2)c1)NCC. The van der Waals surface area contributed by atoms with Gasteiger partial charge in [0.05, 0.1) is 39.1 Å². The third kappa shape index (κ3) is 11.5. The molecule has 0 saturated carbocycles. The Hall–Kier alpha value is -1.67. The first-order chi connectivity index (χ1) is 15.2. The maximum atomic E-state index is 5.64. The summed E-state index contributed by atoms with van der Waals surface area (Å²) in [7, 11) is 0. The minimum atomic E-state index is 0.313. The van der Waals surface area contributed by atoms with Gasteiger partial charge in [-0.1, -0.05) is 37.6 Å². The van der Waals surface area contributed by atoms with Crippen molar-refractivity contribution >= 4 is 5.96 Å². The van der Waals surface area contributed by atoms with E-state index in [1.807, 2.05) is 0 Å². The molecule has 0 radical (unpaired) electrons. The molecular formula is C24H42N4O3. The molecule has 0 aromatic heterocycles. The van der Waals surface area contributed by atoms with Gasteiger partial charge in [0.1, 0.15) is 0 Å². The maximum Gasteiger partial charge on any atom is 0.191 e. The van der Waals surface area contributed by atoms with Crippen molar-refractivity contribution in [2.75, 3.05) is 59.2 Å². The number of rotatable bonds is 14. The van der Waals surface area contributed by atoms with Crippen LogP contribution in [0.2, 0.25) is 0 Å². The third-order valence-corrected chi connectivity index (χ3v) is 5.04. The van der Waals surface area contributed by atoms with Gasteiger partial charge in [0.25, 0.3) is 0 Å². The maximum absolute atomic E-state index is 5.64. The van der Waals surface area contributed by atoms with Crippen LogP contribution in [0.1, 0.15) is 44.7 Å². The lowest BCUT2D eigenvalue weighted by atomic mass is 10.1. The second kappa shape index (κ2) is 16.0. The minimum Gasteiger partial charge on any atom is -0.379 e. The molecule has 1 heterocycles. The Kier molecular flexibility index (Phi) is 13.2. The van der Waals surface area contributed by atoms with Gasteiger partial charge in [0.2, 0.25) is 0 Å². The van der Waals surface area contributed by atoms with E-state index in [4.69, 9.17) is 19.2 Å². The van der Waals surface area contributed by atoms with Gasteiger partial charge in [0.15, 0.2) is 5.96 Å². The van der Waals surface area contributed by atoms with Crippen LogP contribution in [0.15, 0.2) is 29.3 Å². The summed E-state index contributed by atoms with van der Waals surface area (Å²) in [5, 5.41) is 6.64. The normalized spacial score (nSPS) is 17.6. The fraction of sp³-hybridized carbons (Fsp3) is 0.708. The highest BCUT2D eigenvalue weighted by Gasteiger charge is 2.16. The molecule has 7 heteroatoms. The van der Waals surface area contributed by atoms with Gasteiger partial charge in [-0.05, 0) is 31.4 Å². The summed E-state index contributed by atoms with van der Waals surface area (Å²) >= 11 is 0. The Balaban J connectivity index is 1.71. The Morgan fingerprint density at radius 2 is 1.94 bits per heavy atom. The number of nitrogens with zero attached hydrogens (tertiary/aromatic N) is 2. The zero-order valence-corrected chi connectivity index (χ0v) is 19.7. The van der Waals surface area contributed by atoms with Crippen molar-refractivity contribution in [3.63, 3.8) is 0 Å². The van der Waals surface area contributed by atoms with Gasteiger partial charge in [-0.25, -0.2) is 4.99 Å². The van der Waals surface area contributed by atoms with Crippen LogP contribution in [-0.2, 0) is 27.3 Å². The topological polar surface area (TPSA) is 67.4 Å². The van der Waals surface area contributed by atoms with E-state index in [9.17, 15) is 0 Å². The zero-order valence-electron chi connectivity index (χ0n) is 19.7. The molecule has 0 bridgehead atoms. The van der Waals surface area contributed by atoms with E-state index in [1.165, 1.54) is 11.1 Å². The third-order valence-electron chi connectivity index (χ3n) is 5.04. The molecule has 2 N–H and O–H groups in total. The second-order valence-corrected chi connectivity index (χ2v) is 7.94. The van der Waals surface area contributed by atoms with E-state index in [0.717, 1.165) is 64.7 Å². The first-order valence-corrected chi connectivity index (χ1v) is 11.8. The van der Waals surface area contributed by atoms with Crippen LogP contribution in [0.3, 0.4) is 0 Å². The van der Waals surface area contributed by atoms with Crippen LogP contribution in [0.5, 0.6) is 0 Å². The highest BCUT2D eigenvalue weighted by Crippen LogP contribution is 2.12. The lowest BCUT2D eigenvalue weighted by Gasteiger charge is -2.31. The fourth-order valence-electron chi connectivity index (χ4n) is 3.44. The van der Waals surface area contributed by atoms with Crippen LogP contribution < -0.4 is 10.6 Å². The number of benzene rings is 1. The summed E-state index contributed by atoms with van der Waals surface area (Å²) in [6, 6.07) is 8.72. The number of hydrogen-bond acceptors (Lipinski definition) is 5. The van der Waals surface area contributed by atoms with E-state index in [-0.39, 0.29) is 0 Å². The van der Waals surface area contributed by atoms with E-state index in [2.05, 4.69) is 60.6 Å². The van der Waals surface area contributed by atoms with Crippen LogP contribution in [0.4, 0.5) is 0 Å². The Bertz CT molecular complexity index is 627. The summed E-state index contributed by atoms with van der Waals surface area (Å²) in [4.78, 5) is 7.19. The average Bonchev–Trinajstić information content (AvgIpc) is 2.76. The van der Waals surface area contributed by atoms with Crippen molar-refractivity contribution in [2.45, 2.75) is 52.8 Å². The quantitative estimate of drug-likeness (QED) is 0.267. The van der Waals surface area contributed by atoms with Gasteiger partial charge in [-0.15, -0.1) is 0 Å². The molecule has 1 aromatic carbocycles. The van der Waals surface area contributed by atoms with E-state index < -0.39 is 0 Å². The number of nitrogens with one attached hydrogen (secondary N) is 2. The monoisotopic (exact) mass is 434 g/mol. The zero-order chi connectivity index (χ0) is 22.2. The highest BCUT2D eigenvalue weighted by molar-refractivity contribution is 5.79. The van der Waals surface area contributed by atoms with Crippen LogP contribution in [0, 0.1) is 0 Å². The molecule has 1 saturated heterocycles. The van der Waals surface area contributed by atoms with E-state index >= 15 is 0 Å². The molecule has 1 unspecified atom stereocenters. The van der Waals surface area contributed by atoms with Crippen molar-refractivity contribution in [1.82, 2.24) is 15.5 Å². The van der Waals surface area contributed by atoms with Crippen molar-refractivity contribution < 1.29 is 14.2 Å². The smallest absolute Gasteiger partial charge is 0.191 e. The average molecular weight is 435 g/mol. The molecule has 0 amide bonds. The molecular weight excluding hydrogens is 392 g/mol. The number of hydrogen-bond donors (Lipinski definition) is 2. The molecule has 1 fully saturated rings. The summed E-state index contributed by atoms with van der Waals surface area (Å²) in [5.41, 5.74) is 2.55. The molecule has 1 atom stereocenters. The predicted molar refractivity (Wildman–Crippen MR) is 126 cm³/mol. The summed E-state index contributed by atoms with van der Waals surface area (Å²) in [6.07, 6.45) is 2.58. The number of guanidine groups is 1. The molecule has 0 spiro atoms. The molecule has 176 valence electrons. The number of morpholine rings is 1. The lowest BCUT2D eigenvalue weighted by molar-refractivity contribution is -0.0212. The summed E-state index contributed by atoms with van der Waals surface area (Å²) in [6.45, 7) is 15.1. The highest BCUT2D eigenvalue weighted by atomic mass is 16.5. The van der Waals surface area contributed by atoms with Crippen molar-refractivity contribution in [3.05, 3.63) is 35.4 Å². The fourth-order valence-corrected chi connectivity index (χ4v) is 3.44. The molecule has 2 rings (SSSR count). The Morgan fingerprint density at radius 1 is 1.13 bits per heavy atom. The Labute approximate surface area is 188 Å². The second-order valence-electron chi connectivity index (χ2n) is 7.94. The first-order valence-electron chi connectivity index (χ1n) is 11.8. The minimum absolute atomic E-state index is 0.313. The van der Waals surface area contributed by atoms with Gasteiger partial charge in [-0.3, -0.25) is 4.90 Å². The number of aliphatic imine (C=N–C) groups is 1. The largest absolute Gasteiger partial charge is 0.379 e. The standard InChI is InChI=1S/C24H42N4O3/c1-4-6-12-29-15-16-30-13-10-26-24(25-5-2)27-18-22-8-7-9-23(17-22)20-28-11-14-31-21(3)19-28/h7-9,17,21H,4-6,10-16,18-20H2,1-3H3,(H2,25,26,27). The van der Waals surface area contributed by atoms with Crippen LogP contribution in [0.25, 0.3) is 0 Å². The van der Waals surface area contributed by atoms with Crippen LogP contribution >= 0.6 is 0 Å². The molecule has 1 aliphatic rings. The Morgan fingerprint density at radius 3 is 2.71 bits per heavy atom. The molecule has 0 aliphatic carbocycles. The molecule has 31 heavy (non-hydrogen) atoms. The number of unbranched alkanes of at least 4 members (excludes halogenated alkanes) is 1. The number of ether oxygens (including phenoxy) is 3. The molecule has 1 aliphatic heterocycles. The van der Waals surface area contributed by atoms with Crippen LogP contribution in [-0.4, -0.2) is 76.2 Å². The molecule has 7 nitrogen and oxygen atoms in total. The summed E-state index contributed by atoms with van der Waals surface area (Å²) < 4.78 is 16.8. The lowest BCUT2D eigenvalue weighted by Crippen LogP contribution is -2.40. The van der Waals surface area contributed by atoms with E-state index in [1.54, 1.807) is 0 Å². The summed E-state index contributed by atoms with van der Waals surface area (Å²) in [5.74, 6) is 0.817. The molecule has 1 aromatic rings. The van der Waals surface area contributed by atoms with E-state index in [0.29, 0.717) is 32.5 Å². The first kappa shape index (κ1) is 25.6. The van der Waals surface area contributed by atoms with Gasteiger partial charge >= 0.3 is 0 Å². The van der Waals surface area contributed by atoms with Crippen molar-refractivity contribution in [2.24, 2.45) is 4.99 Å².